The minimum Gasteiger partial charge on any atom is -0.321 e. The standard InChI is InChI=1S/C63H72N10O8/c1-11-16-19-20-21-22-29-71-61(79)51-55(69(9)63(71)81)65-53(67(51)7)41-31-43-47-39(57(75)73(59(43)77)33-35(15-5)24-18-13-3)27-25-36-44-40(52-64-54-50(66(52)6)60(78)70(10)62(80)68(54)8)30-42-46-38(28-26-37(48(44)46)45(41)49(36)47)56(74)72(58(42)76)32-34(14-4)23-17-12-2/h25-28,30-31,34-35H,11-24,29,32-33H2,1-10H3. The molecule has 0 N–H and O–H groups in total. The van der Waals surface area contributed by atoms with Crippen LogP contribution in [-0.2, 0) is 41.8 Å². The average Bonchev–Trinajstić information content (AvgIpc) is 1.83. The molecule has 11 rings (SSSR count). The number of aromatic nitrogens is 8. The number of imide groups is 2. The zero-order valence-corrected chi connectivity index (χ0v) is 48.4. The zero-order chi connectivity index (χ0) is 57.6. The van der Waals surface area contributed by atoms with Crippen molar-refractivity contribution in [2.24, 2.45) is 47.1 Å². The van der Waals surface area contributed by atoms with Gasteiger partial charge in [0, 0.05) is 110 Å². The highest BCUT2D eigenvalue weighted by molar-refractivity contribution is 6.44. The number of rotatable bonds is 21. The zero-order valence-electron chi connectivity index (χ0n) is 48.4. The molecule has 18 nitrogen and oxygen atoms in total. The van der Waals surface area contributed by atoms with Gasteiger partial charge in [0.25, 0.3) is 34.7 Å². The van der Waals surface area contributed by atoms with Gasteiger partial charge in [0.1, 0.15) is 11.6 Å². The highest BCUT2D eigenvalue weighted by Gasteiger charge is 2.41. The molecule has 9 aromatic rings. The van der Waals surface area contributed by atoms with E-state index in [0.29, 0.717) is 71.8 Å². The molecule has 0 saturated carbocycles. The molecular formula is C63H72N10O8. The number of nitrogens with zero attached hydrogens (tertiary/aromatic N) is 10. The summed E-state index contributed by atoms with van der Waals surface area (Å²) < 4.78 is 8.31. The fourth-order valence-corrected chi connectivity index (χ4v) is 13.3. The molecular weight excluding hydrogens is 1020 g/mol. The highest BCUT2D eigenvalue weighted by atomic mass is 16.2. The van der Waals surface area contributed by atoms with Crippen molar-refractivity contribution in [2.45, 2.75) is 131 Å². The van der Waals surface area contributed by atoms with E-state index >= 15 is 19.2 Å². The first kappa shape index (κ1) is 54.9. The van der Waals surface area contributed by atoms with Gasteiger partial charge < -0.3 is 9.13 Å². The number of benzene rings is 5. The normalized spacial score (nSPS) is 14.5. The number of aryl methyl sites for hydroxylation is 4. The Morgan fingerprint density at radius 2 is 0.827 bits per heavy atom. The second-order valence-corrected chi connectivity index (χ2v) is 22.9. The Kier molecular flexibility index (Phi) is 14.3. The Morgan fingerprint density at radius 3 is 1.28 bits per heavy atom. The lowest BCUT2D eigenvalue weighted by Gasteiger charge is -2.33. The van der Waals surface area contributed by atoms with Gasteiger partial charge in [0.05, 0.1) is 0 Å². The van der Waals surface area contributed by atoms with E-state index in [1.165, 1.54) is 30.5 Å². The summed E-state index contributed by atoms with van der Waals surface area (Å²) in [6, 6.07) is 10.7. The van der Waals surface area contributed by atoms with E-state index < -0.39 is 46.1 Å². The Bertz CT molecular complexity index is 4390. The molecule has 2 aliphatic rings. The summed E-state index contributed by atoms with van der Waals surface area (Å²) in [5.41, 5.74) is 0.457. The van der Waals surface area contributed by atoms with Gasteiger partial charge in [-0.2, -0.15) is 0 Å². The number of hydrogen-bond donors (Lipinski definition) is 0. The summed E-state index contributed by atoms with van der Waals surface area (Å²) in [7, 11) is 7.97. The Balaban J connectivity index is 1.28. The van der Waals surface area contributed by atoms with Crippen molar-refractivity contribution in [1.29, 1.82) is 0 Å². The molecule has 4 amide bonds. The number of unbranched alkanes of at least 4 members (excludes halogenated alkanes) is 7. The lowest BCUT2D eigenvalue weighted by Crippen LogP contribution is -2.43. The number of carbonyl (C=O) groups is 4. The van der Waals surface area contributed by atoms with Crippen LogP contribution in [0.25, 0.3) is 88.2 Å². The molecule has 0 spiro atoms. The summed E-state index contributed by atoms with van der Waals surface area (Å²) in [5, 5.41) is 4.05. The van der Waals surface area contributed by atoms with Crippen molar-refractivity contribution < 1.29 is 19.2 Å². The van der Waals surface area contributed by atoms with Crippen molar-refractivity contribution in [1.82, 2.24) is 47.2 Å². The third-order valence-electron chi connectivity index (χ3n) is 18.0. The van der Waals surface area contributed by atoms with Crippen LogP contribution in [0.3, 0.4) is 0 Å². The topological polar surface area (TPSA) is 198 Å². The fraction of sp³-hybridized carbons (Fsp3) is 0.460. The maximum atomic E-state index is 15.5. The van der Waals surface area contributed by atoms with E-state index in [9.17, 15) is 19.2 Å². The summed E-state index contributed by atoms with van der Waals surface area (Å²) in [6.45, 7) is 11.2. The minimum absolute atomic E-state index is 0.0515. The molecule has 81 heavy (non-hydrogen) atoms. The molecule has 4 aromatic heterocycles. The lowest BCUT2D eigenvalue weighted by molar-refractivity contribution is 0.0565. The maximum absolute atomic E-state index is 15.5. The van der Waals surface area contributed by atoms with Crippen molar-refractivity contribution >= 4 is 89.0 Å². The molecule has 5 aromatic carbocycles. The molecule has 2 atom stereocenters. The van der Waals surface area contributed by atoms with E-state index in [-0.39, 0.29) is 76.6 Å². The molecule has 2 aliphatic heterocycles. The molecule has 0 aliphatic carbocycles. The third-order valence-corrected chi connectivity index (χ3v) is 18.0. The first-order chi connectivity index (χ1) is 38.9. The molecule has 0 radical (unpaired) electrons. The minimum atomic E-state index is -0.574. The summed E-state index contributed by atoms with van der Waals surface area (Å²) in [5.74, 6) is -1.20. The maximum Gasteiger partial charge on any atom is 0.332 e. The predicted molar refractivity (Wildman–Crippen MR) is 318 cm³/mol. The van der Waals surface area contributed by atoms with Crippen LogP contribution < -0.4 is 22.5 Å². The van der Waals surface area contributed by atoms with Crippen molar-refractivity contribution in [3.05, 3.63) is 100 Å². The third kappa shape index (κ3) is 8.31. The molecule has 0 fully saturated rings. The van der Waals surface area contributed by atoms with E-state index in [2.05, 4.69) is 34.6 Å². The predicted octanol–water partition coefficient (Wildman–Crippen LogP) is 10.1. The molecule has 18 heteroatoms. The quantitative estimate of drug-likeness (QED) is 0.0289. The Hall–Kier alpha value is -8.02. The Morgan fingerprint density at radius 1 is 0.407 bits per heavy atom. The van der Waals surface area contributed by atoms with Gasteiger partial charge in [0.15, 0.2) is 22.3 Å². The van der Waals surface area contributed by atoms with E-state index in [0.717, 1.165) is 88.0 Å². The van der Waals surface area contributed by atoms with Crippen LogP contribution in [0, 0.1) is 11.8 Å². The van der Waals surface area contributed by atoms with E-state index in [1.807, 2.05) is 12.1 Å². The van der Waals surface area contributed by atoms with Crippen molar-refractivity contribution in [3.63, 3.8) is 0 Å². The lowest BCUT2D eigenvalue weighted by atomic mass is 9.79. The molecule has 0 bridgehead atoms. The first-order valence-electron chi connectivity index (χ1n) is 29.3. The average molecular weight is 1100 g/mol. The van der Waals surface area contributed by atoms with Crippen LogP contribution in [0.15, 0.2) is 55.6 Å². The van der Waals surface area contributed by atoms with Crippen LogP contribution in [0.1, 0.15) is 166 Å². The van der Waals surface area contributed by atoms with Crippen molar-refractivity contribution in [3.8, 4) is 22.8 Å². The fourth-order valence-electron chi connectivity index (χ4n) is 13.3. The number of imidazole rings is 2. The molecule has 2 unspecified atom stereocenters. The number of hydrogen-bond acceptors (Lipinski definition) is 10. The van der Waals surface area contributed by atoms with Gasteiger partial charge in [-0.3, -0.25) is 56.8 Å². The monoisotopic (exact) mass is 1100 g/mol. The van der Waals surface area contributed by atoms with Crippen molar-refractivity contribution in [2.75, 3.05) is 13.1 Å². The highest BCUT2D eigenvalue weighted by Crippen LogP contribution is 2.52. The van der Waals surface area contributed by atoms with E-state index in [1.54, 1.807) is 61.6 Å². The van der Waals surface area contributed by atoms with Crippen LogP contribution in [0.4, 0.5) is 0 Å². The van der Waals surface area contributed by atoms with Gasteiger partial charge in [-0.05, 0) is 76.9 Å². The Labute approximate surface area is 467 Å². The van der Waals surface area contributed by atoms with E-state index in [4.69, 9.17) is 9.97 Å². The summed E-state index contributed by atoms with van der Waals surface area (Å²) in [6.07, 6.45) is 12.8. The van der Waals surface area contributed by atoms with Gasteiger partial charge in [-0.1, -0.05) is 117 Å². The van der Waals surface area contributed by atoms with Crippen LogP contribution >= 0.6 is 0 Å². The van der Waals surface area contributed by atoms with Gasteiger partial charge in [-0.15, -0.1) is 0 Å². The smallest absolute Gasteiger partial charge is 0.321 e. The molecule has 422 valence electrons. The van der Waals surface area contributed by atoms with Gasteiger partial charge >= 0.3 is 11.4 Å². The van der Waals surface area contributed by atoms with Gasteiger partial charge in [0.2, 0.25) is 0 Å². The molecule has 6 heterocycles. The second-order valence-electron chi connectivity index (χ2n) is 22.9. The first-order valence-corrected chi connectivity index (χ1v) is 29.3. The molecule has 0 saturated heterocycles. The SMILES string of the molecule is CCCCCCCCn1c(=O)c2c(nc(-c3cc4c5c(ccc6c7c(-c8nc9c(c(=O)n(C)c(=O)n9C)n8C)cc8c9c(ccc(c3c56)c97)C(=O)N(CC(CC)CCCC)C8=O)C(=O)N(CC(CC)CCCC)C4=O)n2C)n(C)c1=O. The van der Waals surface area contributed by atoms with Crippen LogP contribution in [-0.4, -0.2) is 83.9 Å². The van der Waals surface area contributed by atoms with Gasteiger partial charge in [-0.25, -0.2) is 19.6 Å². The summed E-state index contributed by atoms with van der Waals surface area (Å²) >= 11 is 0. The van der Waals surface area contributed by atoms with Crippen LogP contribution in [0.5, 0.6) is 0 Å². The number of amides is 4. The summed E-state index contributed by atoms with van der Waals surface area (Å²) in [4.78, 5) is 131. The number of fused-ring (bicyclic) bond motifs is 4. The largest absolute Gasteiger partial charge is 0.332 e. The number of carbonyl (C=O) groups excluding carboxylic acids is 4. The van der Waals surface area contributed by atoms with Crippen LogP contribution in [0.2, 0.25) is 0 Å². The second kappa shape index (κ2) is 21.1.